The van der Waals surface area contributed by atoms with Gasteiger partial charge in [0, 0.05) is 26.3 Å². The summed E-state index contributed by atoms with van der Waals surface area (Å²) in [4.78, 5) is 3.90. The molecule has 0 spiro atoms. The fourth-order valence-corrected chi connectivity index (χ4v) is 3.97. The fraction of sp³-hybridized carbons (Fsp3) is 0.583. The molecule has 0 atom stereocenters. The average molecular weight is 323 g/mol. The highest BCUT2D eigenvalue weighted by molar-refractivity contribution is 7.89. The van der Waals surface area contributed by atoms with Crippen molar-refractivity contribution in [3.05, 3.63) is 18.3 Å². The van der Waals surface area contributed by atoms with Crippen LogP contribution < -0.4 is 5.32 Å². The first kappa shape index (κ1) is 16.0. The van der Waals surface area contributed by atoms with Gasteiger partial charge in [-0.05, 0) is 25.0 Å². The molecule has 2 heterocycles. The summed E-state index contributed by atoms with van der Waals surface area (Å²) in [6, 6.07) is 2.88. The first-order valence-electron chi connectivity index (χ1n) is 6.46. The molecule has 1 aliphatic rings. The van der Waals surface area contributed by atoms with E-state index in [-0.39, 0.29) is 36.6 Å². The number of rotatable bonds is 3. The molecule has 1 N–H and O–H groups in total. The van der Waals surface area contributed by atoms with Crippen molar-refractivity contribution < 1.29 is 21.6 Å². The number of nitrogens with zero attached hydrogens (tertiary/aromatic N) is 2. The zero-order chi connectivity index (χ0) is 15.7. The van der Waals surface area contributed by atoms with E-state index in [1.807, 2.05) is 0 Å². The summed E-state index contributed by atoms with van der Waals surface area (Å²) < 4.78 is 63.9. The van der Waals surface area contributed by atoms with E-state index in [4.69, 9.17) is 0 Å². The van der Waals surface area contributed by atoms with Crippen LogP contribution in [0.2, 0.25) is 0 Å². The number of alkyl halides is 3. The van der Waals surface area contributed by atoms with E-state index in [9.17, 15) is 21.6 Å². The minimum atomic E-state index is -4.26. The Morgan fingerprint density at radius 2 is 1.95 bits per heavy atom. The molecule has 1 aromatic heterocycles. The van der Waals surface area contributed by atoms with Gasteiger partial charge in [0.1, 0.15) is 10.7 Å². The Labute approximate surface area is 121 Å². The number of nitrogens with one attached hydrogen (secondary N) is 1. The number of halogens is 3. The lowest BCUT2D eigenvalue weighted by Crippen LogP contribution is -2.42. The van der Waals surface area contributed by atoms with Gasteiger partial charge >= 0.3 is 6.18 Å². The first-order valence-corrected chi connectivity index (χ1v) is 7.90. The number of aromatic nitrogens is 1. The van der Waals surface area contributed by atoms with Gasteiger partial charge < -0.3 is 5.32 Å². The van der Waals surface area contributed by atoms with Crippen molar-refractivity contribution in [1.29, 1.82) is 0 Å². The quantitative estimate of drug-likeness (QED) is 0.925. The van der Waals surface area contributed by atoms with Gasteiger partial charge in [-0.15, -0.1) is 0 Å². The molecule has 118 valence electrons. The lowest BCUT2D eigenvalue weighted by molar-refractivity contribution is -0.182. The molecule has 5 nitrogen and oxygen atoms in total. The molecule has 0 radical (unpaired) electrons. The van der Waals surface area contributed by atoms with E-state index in [1.165, 1.54) is 25.4 Å². The minimum absolute atomic E-state index is 0.0158. The van der Waals surface area contributed by atoms with E-state index in [0.717, 1.165) is 4.31 Å². The molecular weight excluding hydrogens is 307 g/mol. The van der Waals surface area contributed by atoms with E-state index < -0.39 is 22.1 Å². The van der Waals surface area contributed by atoms with E-state index in [1.54, 1.807) is 0 Å². The SMILES string of the molecule is CNc1ncccc1S(=O)(=O)N1CCC(C(F)(F)F)CC1. The predicted molar refractivity (Wildman–Crippen MR) is 71.3 cm³/mol. The van der Waals surface area contributed by atoms with Crippen LogP contribution in [0.3, 0.4) is 0 Å². The van der Waals surface area contributed by atoms with Crippen molar-refractivity contribution in [1.82, 2.24) is 9.29 Å². The number of hydrogen-bond donors (Lipinski definition) is 1. The summed E-state index contributed by atoms with van der Waals surface area (Å²) in [5.41, 5.74) is 0. The summed E-state index contributed by atoms with van der Waals surface area (Å²) in [5, 5.41) is 2.68. The molecule has 0 amide bonds. The van der Waals surface area contributed by atoms with Crippen LogP contribution in [0.15, 0.2) is 23.2 Å². The van der Waals surface area contributed by atoms with Crippen LogP contribution >= 0.6 is 0 Å². The molecule has 0 saturated carbocycles. The zero-order valence-electron chi connectivity index (χ0n) is 11.4. The van der Waals surface area contributed by atoms with Crippen LogP contribution in [0.25, 0.3) is 0 Å². The Morgan fingerprint density at radius 1 is 1.33 bits per heavy atom. The molecule has 2 rings (SSSR count). The van der Waals surface area contributed by atoms with Crippen LogP contribution in [0, 0.1) is 5.92 Å². The molecule has 1 aliphatic heterocycles. The van der Waals surface area contributed by atoms with Crippen LogP contribution in [-0.2, 0) is 10.0 Å². The van der Waals surface area contributed by atoms with Crippen molar-refractivity contribution in [2.45, 2.75) is 23.9 Å². The van der Waals surface area contributed by atoms with E-state index >= 15 is 0 Å². The largest absolute Gasteiger partial charge is 0.391 e. The summed E-state index contributed by atoms with van der Waals surface area (Å²) in [7, 11) is -2.29. The minimum Gasteiger partial charge on any atom is -0.372 e. The third-order valence-corrected chi connectivity index (χ3v) is 5.47. The predicted octanol–water partition coefficient (Wildman–Crippen LogP) is 2.09. The second-order valence-electron chi connectivity index (χ2n) is 4.82. The summed E-state index contributed by atoms with van der Waals surface area (Å²) >= 11 is 0. The Bertz CT molecular complexity index is 596. The van der Waals surface area contributed by atoms with Gasteiger partial charge in [0.15, 0.2) is 0 Å². The Morgan fingerprint density at radius 3 is 2.48 bits per heavy atom. The van der Waals surface area contributed by atoms with Crippen LogP contribution in [0.1, 0.15) is 12.8 Å². The number of sulfonamides is 1. The Kier molecular flexibility index (Phi) is 4.43. The Hall–Kier alpha value is -1.35. The topological polar surface area (TPSA) is 62.3 Å². The van der Waals surface area contributed by atoms with Gasteiger partial charge in [-0.3, -0.25) is 0 Å². The van der Waals surface area contributed by atoms with Crippen LogP contribution in [0.4, 0.5) is 19.0 Å². The molecule has 1 fully saturated rings. The van der Waals surface area contributed by atoms with Crippen molar-refractivity contribution in [3.8, 4) is 0 Å². The second-order valence-corrected chi connectivity index (χ2v) is 6.73. The highest BCUT2D eigenvalue weighted by atomic mass is 32.2. The van der Waals surface area contributed by atoms with Crippen molar-refractivity contribution >= 4 is 15.8 Å². The van der Waals surface area contributed by atoms with Gasteiger partial charge in [-0.2, -0.15) is 17.5 Å². The van der Waals surface area contributed by atoms with Gasteiger partial charge in [-0.25, -0.2) is 13.4 Å². The molecule has 0 aromatic carbocycles. The maximum absolute atomic E-state index is 12.6. The van der Waals surface area contributed by atoms with E-state index in [0.29, 0.717) is 0 Å². The molecular formula is C12H16F3N3O2S. The van der Waals surface area contributed by atoms with Gasteiger partial charge in [-0.1, -0.05) is 0 Å². The third-order valence-electron chi connectivity index (χ3n) is 3.54. The molecule has 0 aliphatic carbocycles. The number of piperidine rings is 1. The van der Waals surface area contributed by atoms with Gasteiger partial charge in [0.25, 0.3) is 0 Å². The maximum atomic E-state index is 12.6. The van der Waals surface area contributed by atoms with E-state index in [2.05, 4.69) is 10.3 Å². The highest BCUT2D eigenvalue weighted by Gasteiger charge is 2.43. The number of pyridine rings is 1. The van der Waals surface area contributed by atoms with Crippen LogP contribution in [-0.4, -0.2) is 44.0 Å². The molecule has 21 heavy (non-hydrogen) atoms. The maximum Gasteiger partial charge on any atom is 0.391 e. The monoisotopic (exact) mass is 323 g/mol. The summed E-state index contributed by atoms with van der Waals surface area (Å²) in [5.74, 6) is -1.24. The van der Waals surface area contributed by atoms with Crippen molar-refractivity contribution in [2.75, 3.05) is 25.5 Å². The molecule has 0 bridgehead atoms. The normalized spacial score (nSPS) is 18.7. The van der Waals surface area contributed by atoms with Crippen LogP contribution in [0.5, 0.6) is 0 Å². The molecule has 1 saturated heterocycles. The summed E-state index contributed by atoms with van der Waals surface area (Å²) in [6.45, 7) is -0.269. The second kappa shape index (κ2) is 5.80. The van der Waals surface area contributed by atoms with Crippen molar-refractivity contribution in [2.24, 2.45) is 5.92 Å². The fourth-order valence-electron chi connectivity index (χ4n) is 2.35. The lowest BCUT2D eigenvalue weighted by atomic mass is 9.98. The van der Waals surface area contributed by atoms with Gasteiger partial charge in [0.05, 0.1) is 5.92 Å². The Balaban J connectivity index is 2.19. The molecule has 0 unspecified atom stereocenters. The first-order chi connectivity index (χ1) is 9.76. The zero-order valence-corrected chi connectivity index (χ0v) is 12.2. The standard InChI is InChI=1S/C12H16F3N3O2S/c1-16-11-10(3-2-6-17-11)21(19,20)18-7-4-9(5-8-18)12(13,14)15/h2-3,6,9H,4-5,7-8H2,1H3,(H,16,17). The third kappa shape index (κ3) is 3.29. The number of hydrogen-bond acceptors (Lipinski definition) is 4. The van der Waals surface area contributed by atoms with Crippen molar-refractivity contribution in [3.63, 3.8) is 0 Å². The lowest BCUT2D eigenvalue weighted by Gasteiger charge is -2.32. The summed E-state index contributed by atoms with van der Waals surface area (Å²) in [6.07, 6.45) is -3.24. The molecule has 1 aromatic rings. The smallest absolute Gasteiger partial charge is 0.372 e. The molecule has 9 heteroatoms. The highest BCUT2D eigenvalue weighted by Crippen LogP contribution is 2.36. The average Bonchev–Trinajstić information content (AvgIpc) is 2.46. The van der Waals surface area contributed by atoms with Gasteiger partial charge in [0.2, 0.25) is 10.0 Å². The number of anilines is 1.